The van der Waals surface area contributed by atoms with E-state index in [9.17, 15) is 13.2 Å². The second-order valence-corrected chi connectivity index (χ2v) is 6.79. The van der Waals surface area contributed by atoms with E-state index in [-0.39, 0.29) is 19.6 Å². The number of thiazole rings is 1. The highest BCUT2D eigenvalue weighted by molar-refractivity contribution is 7.87. The average molecular weight is 305 g/mol. The van der Waals surface area contributed by atoms with Crippen molar-refractivity contribution in [2.75, 3.05) is 13.1 Å². The molecule has 1 saturated heterocycles. The van der Waals surface area contributed by atoms with Gasteiger partial charge in [0.15, 0.2) is 0 Å². The monoisotopic (exact) mass is 305 g/mol. The van der Waals surface area contributed by atoms with Gasteiger partial charge in [0, 0.05) is 18.5 Å². The maximum absolute atomic E-state index is 12.0. The highest BCUT2D eigenvalue weighted by Crippen LogP contribution is 2.19. The topological polar surface area (TPSA) is 99.6 Å². The summed E-state index contributed by atoms with van der Waals surface area (Å²) in [4.78, 5) is 14.8. The van der Waals surface area contributed by atoms with Crippen LogP contribution in [0.1, 0.15) is 18.5 Å². The number of rotatable bonds is 5. The van der Waals surface area contributed by atoms with Gasteiger partial charge < -0.3 is 5.11 Å². The Bertz CT molecular complexity index is 521. The van der Waals surface area contributed by atoms with Crippen LogP contribution in [-0.2, 0) is 21.5 Å². The van der Waals surface area contributed by atoms with E-state index in [1.54, 1.807) is 10.9 Å². The maximum Gasteiger partial charge on any atom is 0.306 e. The molecule has 19 heavy (non-hydrogen) atoms. The molecule has 2 heterocycles. The Kier molecular flexibility index (Phi) is 4.50. The van der Waals surface area contributed by atoms with Crippen LogP contribution >= 0.6 is 11.3 Å². The van der Waals surface area contributed by atoms with E-state index in [1.807, 2.05) is 0 Å². The molecule has 0 aromatic carbocycles. The van der Waals surface area contributed by atoms with Crippen molar-refractivity contribution >= 4 is 27.5 Å². The van der Waals surface area contributed by atoms with E-state index < -0.39 is 22.1 Å². The van der Waals surface area contributed by atoms with Crippen molar-refractivity contribution in [3.63, 3.8) is 0 Å². The maximum atomic E-state index is 12.0. The lowest BCUT2D eigenvalue weighted by molar-refractivity contribution is -0.142. The van der Waals surface area contributed by atoms with Crippen molar-refractivity contribution in [3.8, 4) is 0 Å². The first kappa shape index (κ1) is 14.4. The average Bonchev–Trinajstić information content (AvgIpc) is 2.90. The van der Waals surface area contributed by atoms with Crippen LogP contribution in [0.15, 0.2) is 10.9 Å². The number of aromatic nitrogens is 1. The number of carboxylic acids is 1. The normalized spacial score (nSPS) is 18.5. The standard InChI is InChI=1S/C10H15N3O4S2/c14-10(15)8-1-3-13(4-2-8)19(16,17)12-5-9-6-18-7-11-9/h6-8,12H,1-5H2,(H,14,15). The van der Waals surface area contributed by atoms with Gasteiger partial charge in [-0.3, -0.25) is 4.79 Å². The minimum Gasteiger partial charge on any atom is -0.481 e. The molecule has 1 aromatic heterocycles. The number of hydrogen-bond acceptors (Lipinski definition) is 5. The van der Waals surface area contributed by atoms with Gasteiger partial charge in [-0.05, 0) is 12.8 Å². The van der Waals surface area contributed by atoms with Crippen LogP contribution in [0, 0.1) is 5.92 Å². The highest BCUT2D eigenvalue weighted by atomic mass is 32.2. The fraction of sp³-hybridized carbons (Fsp3) is 0.600. The van der Waals surface area contributed by atoms with Crippen LogP contribution in [0.4, 0.5) is 0 Å². The van der Waals surface area contributed by atoms with Gasteiger partial charge in [0.1, 0.15) is 0 Å². The molecule has 0 spiro atoms. The third kappa shape index (κ3) is 3.72. The number of piperidine rings is 1. The number of carboxylic acid groups (broad SMARTS) is 1. The molecular formula is C10H15N3O4S2. The summed E-state index contributed by atoms with van der Waals surface area (Å²) < 4.78 is 27.8. The Labute approximate surface area is 115 Å². The molecule has 1 aliphatic heterocycles. The summed E-state index contributed by atoms with van der Waals surface area (Å²) in [5.74, 6) is -1.29. The zero-order valence-electron chi connectivity index (χ0n) is 10.2. The number of carbonyl (C=O) groups is 1. The smallest absolute Gasteiger partial charge is 0.306 e. The molecule has 1 aliphatic rings. The molecule has 1 aromatic rings. The molecule has 0 amide bonds. The fourth-order valence-electron chi connectivity index (χ4n) is 1.92. The molecule has 9 heteroatoms. The fourth-order valence-corrected chi connectivity index (χ4v) is 3.69. The lowest BCUT2D eigenvalue weighted by atomic mass is 9.99. The van der Waals surface area contributed by atoms with Crippen molar-refractivity contribution in [2.24, 2.45) is 5.92 Å². The van der Waals surface area contributed by atoms with E-state index >= 15 is 0 Å². The summed E-state index contributed by atoms with van der Waals surface area (Å²) in [6.07, 6.45) is 0.708. The van der Waals surface area contributed by atoms with Crippen molar-refractivity contribution < 1.29 is 18.3 Å². The van der Waals surface area contributed by atoms with Crippen LogP contribution in [0.25, 0.3) is 0 Å². The van der Waals surface area contributed by atoms with Crippen LogP contribution < -0.4 is 4.72 Å². The van der Waals surface area contributed by atoms with Gasteiger partial charge in [-0.25, -0.2) is 4.98 Å². The lowest BCUT2D eigenvalue weighted by Crippen LogP contribution is -2.45. The SMILES string of the molecule is O=C(O)C1CCN(S(=O)(=O)NCc2cscn2)CC1. The van der Waals surface area contributed by atoms with Crippen molar-refractivity contribution in [1.82, 2.24) is 14.0 Å². The molecule has 0 aliphatic carbocycles. The molecule has 106 valence electrons. The molecule has 0 atom stereocenters. The Morgan fingerprint density at radius 3 is 2.74 bits per heavy atom. The molecule has 0 saturated carbocycles. The van der Waals surface area contributed by atoms with E-state index in [0.29, 0.717) is 18.5 Å². The zero-order chi connectivity index (χ0) is 13.9. The van der Waals surface area contributed by atoms with Crippen LogP contribution in [-0.4, -0.2) is 41.9 Å². The van der Waals surface area contributed by atoms with Crippen molar-refractivity contribution in [2.45, 2.75) is 19.4 Å². The van der Waals surface area contributed by atoms with E-state index in [4.69, 9.17) is 5.11 Å². The summed E-state index contributed by atoms with van der Waals surface area (Å²) in [6, 6.07) is 0. The minimum atomic E-state index is -3.55. The number of aliphatic carboxylic acids is 1. The molecule has 0 bridgehead atoms. The predicted molar refractivity (Wildman–Crippen MR) is 69.8 cm³/mol. The summed E-state index contributed by atoms with van der Waals surface area (Å²) in [5.41, 5.74) is 2.32. The molecule has 7 nitrogen and oxygen atoms in total. The third-order valence-electron chi connectivity index (χ3n) is 3.06. The molecule has 0 radical (unpaired) electrons. The van der Waals surface area contributed by atoms with Gasteiger partial charge in [0.05, 0.1) is 23.7 Å². The molecule has 2 N–H and O–H groups in total. The Hall–Kier alpha value is -1.03. The van der Waals surface area contributed by atoms with Crippen molar-refractivity contribution in [1.29, 1.82) is 0 Å². The third-order valence-corrected chi connectivity index (χ3v) is 5.25. The largest absolute Gasteiger partial charge is 0.481 e. The first-order valence-electron chi connectivity index (χ1n) is 5.83. The summed E-state index contributed by atoms with van der Waals surface area (Å²) >= 11 is 1.40. The first-order chi connectivity index (χ1) is 8.99. The summed E-state index contributed by atoms with van der Waals surface area (Å²) in [5, 5.41) is 10.6. The lowest BCUT2D eigenvalue weighted by Gasteiger charge is -2.29. The Balaban J connectivity index is 1.88. The van der Waals surface area contributed by atoms with Gasteiger partial charge in [-0.15, -0.1) is 11.3 Å². The zero-order valence-corrected chi connectivity index (χ0v) is 11.8. The second kappa shape index (κ2) is 5.95. The number of nitrogens with zero attached hydrogens (tertiary/aromatic N) is 2. The number of hydrogen-bond donors (Lipinski definition) is 2. The van der Waals surface area contributed by atoms with Gasteiger partial charge in [-0.2, -0.15) is 17.4 Å². The van der Waals surface area contributed by atoms with Crippen LogP contribution in [0.2, 0.25) is 0 Å². The molecule has 2 rings (SSSR count). The first-order valence-corrected chi connectivity index (χ1v) is 8.22. The second-order valence-electron chi connectivity index (χ2n) is 4.32. The summed E-state index contributed by atoms with van der Waals surface area (Å²) in [6.45, 7) is 0.636. The molecular weight excluding hydrogens is 290 g/mol. The van der Waals surface area contributed by atoms with Crippen LogP contribution in [0.5, 0.6) is 0 Å². The van der Waals surface area contributed by atoms with E-state index in [2.05, 4.69) is 9.71 Å². The molecule has 0 unspecified atom stereocenters. The Morgan fingerprint density at radius 2 is 2.21 bits per heavy atom. The highest BCUT2D eigenvalue weighted by Gasteiger charge is 2.30. The number of nitrogens with one attached hydrogen (secondary N) is 1. The van der Waals surface area contributed by atoms with Gasteiger partial charge >= 0.3 is 5.97 Å². The quantitative estimate of drug-likeness (QED) is 0.813. The Morgan fingerprint density at radius 1 is 1.53 bits per heavy atom. The van der Waals surface area contributed by atoms with E-state index in [1.165, 1.54) is 15.6 Å². The van der Waals surface area contributed by atoms with Crippen molar-refractivity contribution in [3.05, 3.63) is 16.6 Å². The van der Waals surface area contributed by atoms with Gasteiger partial charge in [-0.1, -0.05) is 0 Å². The van der Waals surface area contributed by atoms with Gasteiger partial charge in [0.2, 0.25) is 0 Å². The van der Waals surface area contributed by atoms with Crippen LogP contribution in [0.3, 0.4) is 0 Å². The predicted octanol–water partition coefficient (Wildman–Crippen LogP) is 0.274. The summed E-state index contributed by atoms with van der Waals surface area (Å²) in [7, 11) is -3.55. The molecule has 1 fully saturated rings. The van der Waals surface area contributed by atoms with E-state index in [0.717, 1.165) is 0 Å². The van der Waals surface area contributed by atoms with Gasteiger partial charge in [0.25, 0.3) is 10.2 Å². The minimum absolute atomic E-state index is 0.157.